The van der Waals surface area contributed by atoms with E-state index in [4.69, 9.17) is 4.99 Å². The van der Waals surface area contributed by atoms with E-state index < -0.39 is 0 Å². The summed E-state index contributed by atoms with van der Waals surface area (Å²) >= 11 is 1.83. The molecule has 3 heterocycles. The Morgan fingerprint density at radius 1 is 0.745 bits per heavy atom. The monoisotopic (exact) mass is 622 g/mol. The third-order valence-electron chi connectivity index (χ3n) is 11.0. The van der Waals surface area contributed by atoms with E-state index in [1.54, 1.807) is 0 Å². The fourth-order valence-corrected chi connectivity index (χ4v) is 9.80. The van der Waals surface area contributed by atoms with E-state index in [0.29, 0.717) is 11.8 Å². The van der Waals surface area contributed by atoms with Gasteiger partial charge in [0.1, 0.15) is 5.00 Å². The lowest BCUT2D eigenvalue weighted by molar-refractivity contribution is 0.394. The maximum atomic E-state index is 5.70. The Kier molecular flexibility index (Phi) is 5.78. The summed E-state index contributed by atoms with van der Waals surface area (Å²) in [5, 5.41) is 7.55. The molecule has 0 bridgehead atoms. The molecule has 2 aromatic heterocycles. The van der Waals surface area contributed by atoms with E-state index in [0.717, 1.165) is 23.6 Å². The minimum atomic E-state index is 0.0257. The molecule has 2 atom stereocenters. The maximum absolute atomic E-state index is 5.70. The first-order valence-electron chi connectivity index (χ1n) is 16.8. The second-order valence-electron chi connectivity index (χ2n) is 13.9. The third-order valence-corrected chi connectivity index (χ3v) is 12.1. The van der Waals surface area contributed by atoms with Crippen molar-refractivity contribution in [2.75, 3.05) is 0 Å². The van der Waals surface area contributed by atoms with Gasteiger partial charge in [-0.2, -0.15) is 0 Å². The molecule has 3 heteroatoms. The number of allylic oxidation sites excluding steroid dienone is 6. The number of hydrogen-bond acceptors (Lipinski definition) is 2. The van der Waals surface area contributed by atoms with Crippen LogP contribution >= 0.6 is 11.3 Å². The topological polar surface area (TPSA) is 17.3 Å². The molecule has 226 valence electrons. The van der Waals surface area contributed by atoms with Crippen LogP contribution in [0.5, 0.6) is 0 Å². The molecule has 0 saturated carbocycles. The van der Waals surface area contributed by atoms with Gasteiger partial charge in [0.15, 0.2) is 0 Å². The smallest absolute Gasteiger partial charge is 0.121 e. The lowest BCUT2D eigenvalue weighted by Crippen LogP contribution is -2.24. The fraction of sp³-hybridized carbons (Fsp3) is 0.159. The van der Waals surface area contributed by atoms with Crippen LogP contribution in [0.2, 0.25) is 0 Å². The molecular weight excluding hydrogens is 589 g/mol. The third kappa shape index (κ3) is 3.93. The molecule has 5 aromatic carbocycles. The van der Waals surface area contributed by atoms with Crippen molar-refractivity contribution in [3.05, 3.63) is 156 Å². The zero-order valence-electron chi connectivity index (χ0n) is 26.6. The van der Waals surface area contributed by atoms with E-state index >= 15 is 0 Å². The summed E-state index contributed by atoms with van der Waals surface area (Å²) in [6, 6.07) is 38.4. The summed E-state index contributed by atoms with van der Waals surface area (Å²) in [6.07, 6.45) is 13.6. The molecule has 47 heavy (non-hydrogen) atoms. The Labute approximate surface area is 278 Å². The first kappa shape index (κ1) is 27.2. The van der Waals surface area contributed by atoms with Crippen molar-refractivity contribution in [1.29, 1.82) is 0 Å². The largest absolute Gasteiger partial charge is 0.307 e. The van der Waals surface area contributed by atoms with Crippen molar-refractivity contribution >= 4 is 70.4 Å². The molecular formula is C44H34N2S. The van der Waals surface area contributed by atoms with Gasteiger partial charge >= 0.3 is 0 Å². The summed E-state index contributed by atoms with van der Waals surface area (Å²) < 4.78 is 3.81. The fourth-order valence-electron chi connectivity index (χ4n) is 8.68. The lowest BCUT2D eigenvalue weighted by Gasteiger charge is -2.29. The summed E-state index contributed by atoms with van der Waals surface area (Å²) in [5.41, 5.74) is 10.1. The highest BCUT2D eigenvalue weighted by Gasteiger charge is 2.44. The average molecular weight is 623 g/mol. The molecule has 0 saturated heterocycles. The van der Waals surface area contributed by atoms with Gasteiger partial charge < -0.3 is 4.57 Å². The Hall–Kier alpha value is -4.99. The number of thiophene rings is 1. The summed E-state index contributed by atoms with van der Waals surface area (Å²) in [7, 11) is 0. The van der Waals surface area contributed by atoms with E-state index in [1.807, 2.05) is 11.3 Å². The van der Waals surface area contributed by atoms with Crippen LogP contribution in [0.25, 0.3) is 48.4 Å². The predicted octanol–water partition coefficient (Wildman–Crippen LogP) is 11.9. The van der Waals surface area contributed by atoms with Crippen LogP contribution in [0.3, 0.4) is 0 Å². The van der Waals surface area contributed by atoms with Crippen molar-refractivity contribution in [2.45, 2.75) is 38.0 Å². The van der Waals surface area contributed by atoms with Crippen LogP contribution < -0.4 is 0 Å². The van der Waals surface area contributed by atoms with Crippen LogP contribution in [0.15, 0.2) is 139 Å². The van der Waals surface area contributed by atoms with E-state index in [1.165, 1.54) is 70.6 Å². The second kappa shape index (κ2) is 10.0. The zero-order valence-corrected chi connectivity index (χ0v) is 27.4. The molecule has 2 nitrogen and oxygen atoms in total. The van der Waals surface area contributed by atoms with E-state index in [-0.39, 0.29) is 5.41 Å². The Balaban J connectivity index is 1.27. The van der Waals surface area contributed by atoms with Gasteiger partial charge in [0.2, 0.25) is 0 Å². The number of aliphatic imine (C=N–C) groups is 1. The molecule has 0 fully saturated rings. The molecule has 0 N–H and O–H groups in total. The summed E-state index contributed by atoms with van der Waals surface area (Å²) in [5.74, 6) is 0.889. The second-order valence-corrected chi connectivity index (χ2v) is 14.9. The number of nitrogens with zero attached hydrogens (tertiary/aromatic N) is 2. The number of aryl methyl sites for hydroxylation is 1. The van der Waals surface area contributed by atoms with Gasteiger partial charge in [-0.3, -0.25) is 0 Å². The summed E-state index contributed by atoms with van der Waals surface area (Å²) in [4.78, 5) is 5.70. The summed E-state index contributed by atoms with van der Waals surface area (Å²) in [6.45, 7) is 4.84. The molecule has 0 spiro atoms. The Bertz CT molecular complexity index is 2570. The van der Waals surface area contributed by atoms with Gasteiger partial charge in [0.05, 0.1) is 22.4 Å². The quantitative estimate of drug-likeness (QED) is 0.183. The number of rotatable bonds is 2. The van der Waals surface area contributed by atoms with E-state index in [9.17, 15) is 0 Å². The van der Waals surface area contributed by atoms with Gasteiger partial charge in [-0.1, -0.05) is 117 Å². The van der Waals surface area contributed by atoms with Crippen molar-refractivity contribution in [2.24, 2.45) is 10.9 Å². The standard InChI is InChI=1S/C44H34N2S/c1-44(2)36-18-8-5-14-30(36)31-23-22-29(25-37(31)44)42-39(20-11-17-34-33-16-7-10-21-41(33)47-43(34)45-42)46-38-19-9-6-15-32(38)35-24-27-12-3-4-13-28(27)26-40(35)46/h3-10,12-16,18-26,30,36H,11,17H2,1-2H3. The normalized spacial score (nSPS) is 19.8. The van der Waals surface area contributed by atoms with Crippen LogP contribution in [0, 0.1) is 5.92 Å². The van der Waals surface area contributed by atoms with Crippen LogP contribution in [0.4, 0.5) is 5.00 Å². The Morgan fingerprint density at radius 3 is 2.40 bits per heavy atom. The van der Waals surface area contributed by atoms with Crippen molar-refractivity contribution in [3.8, 4) is 0 Å². The number of fused-ring (bicyclic) bond motifs is 10. The molecule has 3 aliphatic rings. The molecule has 0 amide bonds. The molecule has 7 aromatic rings. The van der Waals surface area contributed by atoms with Crippen molar-refractivity contribution in [1.82, 2.24) is 4.57 Å². The molecule has 0 radical (unpaired) electrons. The number of aromatic nitrogens is 1. The van der Waals surface area contributed by atoms with Crippen molar-refractivity contribution < 1.29 is 0 Å². The SMILES string of the molecule is CC1(C)c2cc(C3=Nc4sc5ccccc5c4CCC=C3n3c4ccccc4c4cc5ccccc5cc43)ccc2C2C=CC=CC21. The van der Waals surface area contributed by atoms with Crippen LogP contribution in [-0.4, -0.2) is 10.3 Å². The first-order valence-corrected chi connectivity index (χ1v) is 17.6. The zero-order chi connectivity index (χ0) is 31.3. The highest BCUT2D eigenvalue weighted by molar-refractivity contribution is 7.22. The van der Waals surface area contributed by atoms with E-state index in [2.05, 4.69) is 152 Å². The molecule has 10 rings (SSSR count). The Morgan fingerprint density at radius 2 is 1.51 bits per heavy atom. The number of para-hydroxylation sites is 1. The van der Waals surface area contributed by atoms with Gasteiger partial charge in [-0.15, -0.1) is 11.3 Å². The van der Waals surface area contributed by atoms with Gasteiger partial charge in [-0.25, -0.2) is 4.99 Å². The molecule has 2 aliphatic carbocycles. The highest BCUT2D eigenvalue weighted by atomic mass is 32.1. The predicted molar refractivity (Wildman–Crippen MR) is 202 cm³/mol. The van der Waals surface area contributed by atoms with Gasteiger partial charge in [-0.05, 0) is 87.4 Å². The minimum Gasteiger partial charge on any atom is -0.307 e. The highest BCUT2D eigenvalue weighted by Crippen LogP contribution is 2.53. The van der Waals surface area contributed by atoms with Crippen LogP contribution in [-0.2, 0) is 11.8 Å². The van der Waals surface area contributed by atoms with Crippen molar-refractivity contribution in [3.63, 3.8) is 0 Å². The number of benzene rings is 5. The minimum absolute atomic E-state index is 0.0257. The first-order chi connectivity index (χ1) is 23.1. The van der Waals surface area contributed by atoms with Gasteiger partial charge in [0, 0.05) is 27.0 Å². The molecule has 1 aliphatic heterocycles. The molecule has 2 unspecified atom stereocenters. The van der Waals surface area contributed by atoms with Crippen LogP contribution in [0.1, 0.15) is 48.4 Å². The maximum Gasteiger partial charge on any atom is 0.121 e. The average Bonchev–Trinajstić information content (AvgIpc) is 3.68. The lowest BCUT2D eigenvalue weighted by atomic mass is 9.74. The van der Waals surface area contributed by atoms with Gasteiger partial charge in [0.25, 0.3) is 0 Å². The number of hydrogen-bond donors (Lipinski definition) is 0.